The predicted molar refractivity (Wildman–Crippen MR) is 55.7 cm³/mol. The number of aromatic hydroxyl groups is 2. The van der Waals surface area contributed by atoms with Crippen LogP contribution in [0.5, 0.6) is 11.5 Å². The molecule has 2 N–H and O–H groups in total. The van der Waals surface area contributed by atoms with Gasteiger partial charge in [-0.3, -0.25) is 4.79 Å². The van der Waals surface area contributed by atoms with Gasteiger partial charge in [0.2, 0.25) is 0 Å². The van der Waals surface area contributed by atoms with Crippen LogP contribution in [0.4, 0.5) is 0 Å². The van der Waals surface area contributed by atoms with Gasteiger partial charge in [0.1, 0.15) is 0 Å². The average molecular weight is 245 g/mol. The molecule has 0 atom stereocenters. The van der Waals surface area contributed by atoms with Gasteiger partial charge in [0.25, 0.3) is 5.78 Å². The number of carbonyl (C=O) groups is 2. The van der Waals surface area contributed by atoms with Crippen molar-refractivity contribution >= 4 is 23.4 Å². The fraction of sp³-hybridized carbons (Fsp3) is 0.200. The molecule has 0 aromatic heterocycles. The number of halogens is 1. The number of ketones is 1. The summed E-state index contributed by atoms with van der Waals surface area (Å²) in [5, 5.41) is 18.6. The van der Waals surface area contributed by atoms with E-state index in [1.54, 1.807) is 6.92 Å². The first-order chi connectivity index (χ1) is 7.49. The van der Waals surface area contributed by atoms with E-state index in [2.05, 4.69) is 4.74 Å². The minimum Gasteiger partial charge on any atom is -0.504 e. The van der Waals surface area contributed by atoms with E-state index in [0.29, 0.717) is 0 Å². The number of esters is 1. The number of rotatable bonds is 3. The van der Waals surface area contributed by atoms with Crippen molar-refractivity contribution in [3.63, 3.8) is 0 Å². The number of hydrogen-bond donors (Lipinski definition) is 2. The van der Waals surface area contributed by atoms with Gasteiger partial charge in [-0.05, 0) is 19.1 Å². The topological polar surface area (TPSA) is 83.8 Å². The molecular weight excluding hydrogens is 236 g/mol. The summed E-state index contributed by atoms with van der Waals surface area (Å²) < 4.78 is 4.47. The van der Waals surface area contributed by atoms with E-state index in [1.807, 2.05) is 0 Å². The standard InChI is InChI=1S/C10H9ClO5/c1-2-16-10(15)8(13)5-3-4-6(11)9(14)7(5)12/h3-4,12,14H,2H2,1H3. The van der Waals surface area contributed by atoms with Crippen LogP contribution in [0.1, 0.15) is 17.3 Å². The summed E-state index contributed by atoms with van der Waals surface area (Å²) in [5.41, 5.74) is -0.347. The highest BCUT2D eigenvalue weighted by Gasteiger charge is 2.23. The molecule has 1 rings (SSSR count). The lowest BCUT2D eigenvalue weighted by Gasteiger charge is -2.05. The maximum Gasteiger partial charge on any atom is 0.379 e. The van der Waals surface area contributed by atoms with Crippen molar-refractivity contribution in [3.8, 4) is 11.5 Å². The first-order valence-corrected chi connectivity index (χ1v) is 4.78. The van der Waals surface area contributed by atoms with Gasteiger partial charge in [0.05, 0.1) is 17.2 Å². The summed E-state index contributed by atoms with van der Waals surface area (Å²) >= 11 is 5.49. The van der Waals surface area contributed by atoms with Crippen LogP contribution in [-0.4, -0.2) is 28.6 Å². The van der Waals surface area contributed by atoms with Crippen molar-refractivity contribution in [2.45, 2.75) is 6.92 Å². The highest BCUT2D eigenvalue weighted by Crippen LogP contribution is 2.35. The van der Waals surface area contributed by atoms with E-state index in [4.69, 9.17) is 11.6 Å². The Balaban J connectivity index is 3.10. The monoisotopic (exact) mass is 244 g/mol. The molecule has 5 nitrogen and oxygen atoms in total. The van der Waals surface area contributed by atoms with Crippen molar-refractivity contribution < 1.29 is 24.5 Å². The largest absolute Gasteiger partial charge is 0.504 e. The van der Waals surface area contributed by atoms with Gasteiger partial charge in [-0.1, -0.05) is 11.6 Å². The molecule has 0 bridgehead atoms. The number of hydrogen-bond acceptors (Lipinski definition) is 5. The summed E-state index contributed by atoms with van der Waals surface area (Å²) in [4.78, 5) is 22.5. The number of phenolic OH excluding ortho intramolecular Hbond substituents is 2. The van der Waals surface area contributed by atoms with Gasteiger partial charge < -0.3 is 14.9 Å². The second-order valence-corrected chi connectivity index (χ2v) is 3.25. The molecule has 0 amide bonds. The van der Waals surface area contributed by atoms with Crippen molar-refractivity contribution in [2.24, 2.45) is 0 Å². The maximum atomic E-state index is 11.4. The van der Waals surface area contributed by atoms with E-state index in [9.17, 15) is 19.8 Å². The molecule has 0 fully saturated rings. The van der Waals surface area contributed by atoms with Gasteiger partial charge in [-0.2, -0.15) is 0 Å². The molecule has 1 aromatic carbocycles. The quantitative estimate of drug-likeness (QED) is 0.364. The van der Waals surface area contributed by atoms with Crippen molar-refractivity contribution in [3.05, 3.63) is 22.7 Å². The van der Waals surface area contributed by atoms with Crippen LogP contribution in [0.3, 0.4) is 0 Å². The van der Waals surface area contributed by atoms with E-state index in [0.717, 1.165) is 6.07 Å². The van der Waals surface area contributed by atoms with Crippen molar-refractivity contribution in [1.29, 1.82) is 0 Å². The zero-order valence-electron chi connectivity index (χ0n) is 8.36. The van der Waals surface area contributed by atoms with E-state index in [1.165, 1.54) is 6.07 Å². The number of Topliss-reactive ketones (excluding diaryl/α,β-unsaturated/α-hetero) is 1. The van der Waals surface area contributed by atoms with Gasteiger partial charge in [0, 0.05) is 0 Å². The van der Waals surface area contributed by atoms with Crippen LogP contribution < -0.4 is 0 Å². The van der Waals surface area contributed by atoms with Gasteiger partial charge in [-0.25, -0.2) is 4.79 Å². The van der Waals surface area contributed by atoms with Crippen LogP contribution in [0, 0.1) is 0 Å². The number of benzene rings is 1. The molecular formula is C10H9ClO5. The zero-order chi connectivity index (χ0) is 12.3. The third-order valence-electron chi connectivity index (χ3n) is 1.81. The highest BCUT2D eigenvalue weighted by molar-refractivity contribution is 6.41. The first-order valence-electron chi connectivity index (χ1n) is 4.41. The highest BCUT2D eigenvalue weighted by atomic mass is 35.5. The Morgan fingerprint density at radius 3 is 2.50 bits per heavy atom. The lowest BCUT2D eigenvalue weighted by atomic mass is 10.1. The van der Waals surface area contributed by atoms with Crippen LogP contribution in [0.2, 0.25) is 5.02 Å². The molecule has 0 aliphatic rings. The molecule has 0 radical (unpaired) electrons. The summed E-state index contributed by atoms with van der Waals surface area (Å²) in [6.07, 6.45) is 0. The van der Waals surface area contributed by atoms with Crippen molar-refractivity contribution in [1.82, 2.24) is 0 Å². The second-order valence-electron chi connectivity index (χ2n) is 2.84. The third kappa shape index (κ3) is 2.25. The molecule has 1 aromatic rings. The normalized spacial score (nSPS) is 9.88. The first kappa shape index (κ1) is 12.3. The van der Waals surface area contributed by atoms with Crippen LogP contribution >= 0.6 is 11.6 Å². The Labute approximate surface area is 96.2 Å². The Hall–Kier alpha value is -1.75. The Morgan fingerprint density at radius 2 is 1.94 bits per heavy atom. The van der Waals surface area contributed by atoms with Crippen LogP contribution in [-0.2, 0) is 9.53 Å². The zero-order valence-corrected chi connectivity index (χ0v) is 9.11. The number of carbonyl (C=O) groups excluding carboxylic acids is 2. The summed E-state index contributed by atoms with van der Waals surface area (Å²) in [7, 11) is 0. The van der Waals surface area contributed by atoms with Gasteiger partial charge in [0.15, 0.2) is 11.5 Å². The maximum absolute atomic E-state index is 11.4. The molecule has 0 saturated heterocycles. The average Bonchev–Trinajstić information content (AvgIpc) is 2.26. The Kier molecular flexibility index (Phi) is 3.73. The fourth-order valence-electron chi connectivity index (χ4n) is 1.04. The second kappa shape index (κ2) is 4.85. The lowest BCUT2D eigenvalue weighted by molar-refractivity contribution is -0.137. The lowest BCUT2D eigenvalue weighted by Crippen LogP contribution is -2.17. The van der Waals surface area contributed by atoms with Gasteiger partial charge in [-0.15, -0.1) is 0 Å². The van der Waals surface area contributed by atoms with Crippen molar-refractivity contribution in [2.75, 3.05) is 6.61 Å². The molecule has 0 heterocycles. The molecule has 0 unspecified atom stereocenters. The third-order valence-corrected chi connectivity index (χ3v) is 2.11. The number of phenols is 2. The smallest absolute Gasteiger partial charge is 0.379 e. The molecule has 16 heavy (non-hydrogen) atoms. The molecule has 86 valence electrons. The van der Waals surface area contributed by atoms with Crippen LogP contribution in [0.15, 0.2) is 12.1 Å². The Bertz CT molecular complexity index is 441. The van der Waals surface area contributed by atoms with Crippen LogP contribution in [0.25, 0.3) is 0 Å². The summed E-state index contributed by atoms with van der Waals surface area (Å²) in [5.74, 6) is -3.51. The van der Waals surface area contributed by atoms with E-state index in [-0.39, 0.29) is 17.2 Å². The summed E-state index contributed by atoms with van der Waals surface area (Å²) in [6, 6.07) is 2.33. The molecule has 0 aliphatic heterocycles. The molecule has 0 saturated carbocycles. The SMILES string of the molecule is CCOC(=O)C(=O)c1ccc(Cl)c(O)c1O. The van der Waals surface area contributed by atoms with E-state index >= 15 is 0 Å². The predicted octanol–water partition coefficient (Wildman–Crippen LogP) is 1.50. The van der Waals surface area contributed by atoms with E-state index < -0.39 is 23.3 Å². The minimum atomic E-state index is -1.10. The Morgan fingerprint density at radius 1 is 1.31 bits per heavy atom. The fourth-order valence-corrected chi connectivity index (χ4v) is 1.20. The molecule has 6 heteroatoms. The molecule has 0 spiro atoms. The minimum absolute atomic E-state index is 0.0465. The van der Waals surface area contributed by atoms with Gasteiger partial charge >= 0.3 is 5.97 Å². The summed E-state index contributed by atoms with van der Waals surface area (Å²) in [6.45, 7) is 1.59. The number of ether oxygens (including phenoxy) is 1. The molecule has 0 aliphatic carbocycles.